The summed E-state index contributed by atoms with van der Waals surface area (Å²) in [4.78, 5) is 6.19. The van der Waals surface area contributed by atoms with Crippen LogP contribution < -0.4 is 5.32 Å². The summed E-state index contributed by atoms with van der Waals surface area (Å²) < 4.78 is 0. The van der Waals surface area contributed by atoms with Crippen molar-refractivity contribution in [1.29, 1.82) is 0 Å². The molecule has 0 aromatic carbocycles. The first-order valence-corrected chi connectivity index (χ1v) is 7.32. The molecule has 0 atom stereocenters. The maximum Gasteiger partial charge on any atom is 0.107 e. The molecule has 1 aromatic heterocycles. The number of hydrogen-bond donors (Lipinski definition) is 1. The smallest absolute Gasteiger partial charge is 0.107 e. The van der Waals surface area contributed by atoms with Crippen molar-refractivity contribution in [2.24, 2.45) is 0 Å². The number of hydrogen-bond acceptors (Lipinski definition) is 4. The Morgan fingerprint density at radius 3 is 2.87 bits per heavy atom. The van der Waals surface area contributed by atoms with Crippen molar-refractivity contribution in [3.05, 3.63) is 15.6 Å². The van der Waals surface area contributed by atoms with Crippen LogP contribution in [0, 0.1) is 0 Å². The molecule has 0 radical (unpaired) electrons. The zero-order valence-electron chi connectivity index (χ0n) is 9.59. The molecule has 0 fully saturated rings. The molecule has 2 heterocycles. The number of thioether (sulfide) groups is 1. The first kappa shape index (κ1) is 11.4. The van der Waals surface area contributed by atoms with Crippen LogP contribution in [0.2, 0.25) is 0 Å². The summed E-state index contributed by atoms with van der Waals surface area (Å²) in [7, 11) is 0. The standard InChI is InChI=1S/C11H18N2S2/c1-11(2,3)12-6-10-13-8-4-5-14-7-9(8)15-10/h12H,4-7H2,1-3H3. The van der Waals surface area contributed by atoms with E-state index in [0.29, 0.717) is 0 Å². The summed E-state index contributed by atoms with van der Waals surface area (Å²) in [6.07, 6.45) is 1.16. The number of aromatic nitrogens is 1. The molecule has 2 nitrogen and oxygen atoms in total. The minimum atomic E-state index is 0.181. The van der Waals surface area contributed by atoms with Crippen LogP contribution in [0.1, 0.15) is 36.3 Å². The van der Waals surface area contributed by atoms with Crippen molar-refractivity contribution in [3.63, 3.8) is 0 Å². The fourth-order valence-electron chi connectivity index (χ4n) is 1.50. The Morgan fingerprint density at radius 2 is 2.20 bits per heavy atom. The SMILES string of the molecule is CC(C)(C)NCc1nc2c(s1)CSCC2. The van der Waals surface area contributed by atoms with Gasteiger partial charge in [0.1, 0.15) is 5.01 Å². The Kier molecular flexibility index (Phi) is 3.38. The zero-order valence-corrected chi connectivity index (χ0v) is 11.2. The Balaban J connectivity index is 2.01. The lowest BCUT2D eigenvalue weighted by Gasteiger charge is -2.19. The minimum Gasteiger partial charge on any atom is -0.306 e. The van der Waals surface area contributed by atoms with E-state index < -0.39 is 0 Å². The van der Waals surface area contributed by atoms with Gasteiger partial charge in [-0.05, 0) is 32.9 Å². The highest BCUT2D eigenvalue weighted by molar-refractivity contribution is 7.98. The van der Waals surface area contributed by atoms with Gasteiger partial charge in [0.15, 0.2) is 0 Å². The molecule has 0 saturated carbocycles. The van der Waals surface area contributed by atoms with Gasteiger partial charge in [-0.3, -0.25) is 0 Å². The predicted molar refractivity (Wildman–Crippen MR) is 68.6 cm³/mol. The topological polar surface area (TPSA) is 24.9 Å². The quantitative estimate of drug-likeness (QED) is 0.863. The summed E-state index contributed by atoms with van der Waals surface area (Å²) >= 11 is 3.91. The van der Waals surface area contributed by atoms with Crippen LogP contribution in [0.25, 0.3) is 0 Å². The second-order valence-corrected chi connectivity index (χ2v) is 7.16. The minimum absolute atomic E-state index is 0.181. The molecule has 1 aliphatic heterocycles. The first-order chi connectivity index (χ1) is 7.04. The van der Waals surface area contributed by atoms with Crippen LogP contribution >= 0.6 is 23.1 Å². The molecule has 0 aliphatic carbocycles. The van der Waals surface area contributed by atoms with E-state index in [9.17, 15) is 0 Å². The van der Waals surface area contributed by atoms with Gasteiger partial charge in [-0.25, -0.2) is 4.98 Å². The van der Waals surface area contributed by atoms with Crippen LogP contribution in [0.5, 0.6) is 0 Å². The highest BCUT2D eigenvalue weighted by atomic mass is 32.2. The number of nitrogens with one attached hydrogen (secondary N) is 1. The first-order valence-electron chi connectivity index (χ1n) is 5.35. The molecule has 2 rings (SSSR count). The molecule has 0 bridgehead atoms. The number of thiazole rings is 1. The molecule has 4 heteroatoms. The van der Waals surface area contributed by atoms with Gasteiger partial charge in [0.2, 0.25) is 0 Å². The molecule has 84 valence electrons. The highest BCUT2D eigenvalue weighted by Gasteiger charge is 2.16. The Labute approximate surface area is 99.9 Å². The van der Waals surface area contributed by atoms with E-state index >= 15 is 0 Å². The number of nitrogens with zero attached hydrogens (tertiary/aromatic N) is 1. The highest BCUT2D eigenvalue weighted by Crippen LogP contribution is 2.29. The second-order valence-electron chi connectivity index (χ2n) is 4.88. The summed E-state index contributed by atoms with van der Waals surface area (Å²) in [6.45, 7) is 7.48. The Bertz CT molecular complexity index is 315. The molecular weight excluding hydrogens is 224 g/mol. The lowest BCUT2D eigenvalue weighted by atomic mass is 10.1. The van der Waals surface area contributed by atoms with E-state index in [0.717, 1.165) is 13.0 Å². The molecule has 1 N–H and O–H groups in total. The second kappa shape index (κ2) is 4.44. The van der Waals surface area contributed by atoms with Crippen molar-refractivity contribution in [3.8, 4) is 0 Å². The van der Waals surface area contributed by atoms with E-state index in [-0.39, 0.29) is 5.54 Å². The van der Waals surface area contributed by atoms with Crippen molar-refractivity contribution in [2.45, 2.75) is 45.0 Å². The zero-order chi connectivity index (χ0) is 10.9. The van der Waals surface area contributed by atoms with Crippen LogP contribution in [0.3, 0.4) is 0 Å². The van der Waals surface area contributed by atoms with Crippen LogP contribution in [0.15, 0.2) is 0 Å². The summed E-state index contributed by atoms with van der Waals surface area (Å²) in [5, 5.41) is 4.74. The number of fused-ring (bicyclic) bond motifs is 1. The lowest BCUT2D eigenvalue weighted by molar-refractivity contribution is 0.423. The largest absolute Gasteiger partial charge is 0.306 e. The van der Waals surface area contributed by atoms with Crippen molar-refractivity contribution < 1.29 is 0 Å². The van der Waals surface area contributed by atoms with Gasteiger partial charge in [0, 0.05) is 22.7 Å². The average molecular weight is 242 g/mol. The van der Waals surface area contributed by atoms with E-state index in [2.05, 4.69) is 26.1 Å². The summed E-state index contributed by atoms with van der Waals surface area (Å²) in [6, 6.07) is 0. The van der Waals surface area contributed by atoms with Crippen molar-refractivity contribution in [2.75, 3.05) is 5.75 Å². The molecule has 1 aliphatic rings. The molecule has 0 spiro atoms. The third-order valence-corrected chi connectivity index (χ3v) is 4.57. The van der Waals surface area contributed by atoms with Crippen LogP contribution in [0.4, 0.5) is 0 Å². The number of rotatable bonds is 2. The maximum atomic E-state index is 4.70. The van der Waals surface area contributed by atoms with Gasteiger partial charge >= 0.3 is 0 Å². The monoisotopic (exact) mass is 242 g/mol. The fourth-order valence-corrected chi connectivity index (χ4v) is 3.66. The lowest BCUT2D eigenvalue weighted by Crippen LogP contribution is -2.35. The summed E-state index contributed by atoms with van der Waals surface area (Å²) in [5.41, 5.74) is 1.53. The number of aryl methyl sites for hydroxylation is 1. The Morgan fingerprint density at radius 1 is 1.40 bits per heavy atom. The van der Waals surface area contributed by atoms with Gasteiger partial charge in [0.25, 0.3) is 0 Å². The van der Waals surface area contributed by atoms with E-state index in [1.165, 1.54) is 27.1 Å². The summed E-state index contributed by atoms with van der Waals surface area (Å²) in [5.74, 6) is 2.41. The maximum absolute atomic E-state index is 4.70. The molecule has 0 unspecified atom stereocenters. The molecule has 0 saturated heterocycles. The van der Waals surface area contributed by atoms with Gasteiger partial charge in [0.05, 0.1) is 5.69 Å². The van der Waals surface area contributed by atoms with E-state index in [1.54, 1.807) is 0 Å². The van der Waals surface area contributed by atoms with Crippen LogP contribution in [-0.4, -0.2) is 16.3 Å². The normalized spacial score (nSPS) is 16.5. The average Bonchev–Trinajstić information content (AvgIpc) is 2.56. The van der Waals surface area contributed by atoms with Crippen molar-refractivity contribution >= 4 is 23.1 Å². The van der Waals surface area contributed by atoms with Gasteiger partial charge in [-0.1, -0.05) is 0 Å². The Hall–Kier alpha value is -0.0600. The molecule has 0 amide bonds. The molecular formula is C11H18N2S2. The van der Waals surface area contributed by atoms with E-state index in [1.807, 2.05) is 23.1 Å². The van der Waals surface area contributed by atoms with Gasteiger partial charge in [-0.2, -0.15) is 11.8 Å². The molecule has 15 heavy (non-hydrogen) atoms. The van der Waals surface area contributed by atoms with Crippen molar-refractivity contribution in [1.82, 2.24) is 10.3 Å². The third kappa shape index (κ3) is 3.20. The van der Waals surface area contributed by atoms with Crippen LogP contribution in [-0.2, 0) is 18.7 Å². The third-order valence-electron chi connectivity index (χ3n) is 2.31. The fraction of sp³-hybridized carbons (Fsp3) is 0.727. The molecule has 1 aromatic rings. The predicted octanol–water partition coefficient (Wildman–Crippen LogP) is 2.82. The van der Waals surface area contributed by atoms with E-state index in [4.69, 9.17) is 4.98 Å². The van der Waals surface area contributed by atoms with Gasteiger partial charge in [-0.15, -0.1) is 11.3 Å². The van der Waals surface area contributed by atoms with Gasteiger partial charge < -0.3 is 5.32 Å².